The van der Waals surface area contributed by atoms with Crippen LogP contribution >= 0.6 is 0 Å². The van der Waals surface area contributed by atoms with E-state index in [1.807, 2.05) is 11.9 Å². The topological polar surface area (TPSA) is 55.6 Å². The Balaban J connectivity index is 2.31. The molecule has 1 unspecified atom stereocenters. The number of hydrogen-bond donors (Lipinski definition) is 1. The molecule has 0 aromatic rings. The summed E-state index contributed by atoms with van der Waals surface area (Å²) in [4.78, 5) is 14.0. The van der Waals surface area contributed by atoms with Gasteiger partial charge in [-0.05, 0) is 30.6 Å². The van der Waals surface area contributed by atoms with Crippen LogP contribution in [0.2, 0.25) is 0 Å². The summed E-state index contributed by atoms with van der Waals surface area (Å²) >= 11 is 0. The van der Waals surface area contributed by atoms with Crippen molar-refractivity contribution in [3.63, 3.8) is 0 Å². The van der Waals surface area contributed by atoms with Crippen molar-refractivity contribution in [2.45, 2.75) is 52.5 Å². The van der Waals surface area contributed by atoms with Gasteiger partial charge in [-0.2, -0.15) is 0 Å². The third-order valence-corrected chi connectivity index (χ3v) is 3.61. The zero-order chi connectivity index (χ0) is 14.5. The average Bonchev–Trinajstić information content (AvgIpc) is 2.27. The molecule has 1 aliphatic rings. The molecule has 0 bridgehead atoms. The average molecular weight is 270 g/mol. The summed E-state index contributed by atoms with van der Waals surface area (Å²) < 4.78 is 5.34. The summed E-state index contributed by atoms with van der Waals surface area (Å²) in [6.07, 6.45) is 3.46. The van der Waals surface area contributed by atoms with Crippen LogP contribution in [0.15, 0.2) is 0 Å². The Bertz CT molecular complexity index is 280. The SMILES string of the molecule is CN(CC1CCOCC1)C(=O)CC(N)CC(C)(C)C. The monoisotopic (exact) mass is 270 g/mol. The number of ether oxygens (including phenoxy) is 1. The number of nitrogens with two attached hydrogens (primary N) is 1. The van der Waals surface area contributed by atoms with Gasteiger partial charge in [-0.3, -0.25) is 4.79 Å². The second-order valence-electron chi connectivity index (χ2n) is 7.06. The molecule has 1 rings (SSSR count). The Morgan fingerprint density at radius 1 is 1.37 bits per heavy atom. The van der Waals surface area contributed by atoms with E-state index in [-0.39, 0.29) is 17.4 Å². The third kappa shape index (κ3) is 6.92. The summed E-state index contributed by atoms with van der Waals surface area (Å²) in [5, 5.41) is 0. The summed E-state index contributed by atoms with van der Waals surface area (Å²) in [7, 11) is 1.89. The van der Waals surface area contributed by atoms with Crippen LogP contribution in [-0.4, -0.2) is 43.7 Å². The molecule has 1 fully saturated rings. The fourth-order valence-corrected chi connectivity index (χ4v) is 2.66. The summed E-state index contributed by atoms with van der Waals surface area (Å²) in [5.74, 6) is 0.754. The van der Waals surface area contributed by atoms with Crippen LogP contribution < -0.4 is 5.73 Å². The number of rotatable bonds is 5. The zero-order valence-electron chi connectivity index (χ0n) is 12.9. The van der Waals surface area contributed by atoms with Gasteiger partial charge in [0, 0.05) is 39.3 Å². The predicted octanol–water partition coefficient (Wildman–Crippen LogP) is 2.02. The van der Waals surface area contributed by atoms with Crippen molar-refractivity contribution in [1.29, 1.82) is 0 Å². The Hall–Kier alpha value is -0.610. The van der Waals surface area contributed by atoms with Crippen LogP contribution in [-0.2, 0) is 9.53 Å². The van der Waals surface area contributed by atoms with Gasteiger partial charge in [-0.15, -0.1) is 0 Å². The second kappa shape index (κ2) is 7.25. The molecular formula is C15H30N2O2. The van der Waals surface area contributed by atoms with Gasteiger partial charge in [-0.25, -0.2) is 0 Å². The first-order valence-corrected chi connectivity index (χ1v) is 7.35. The molecule has 19 heavy (non-hydrogen) atoms. The number of carbonyl (C=O) groups excluding carboxylic acids is 1. The molecule has 1 heterocycles. The molecule has 1 atom stereocenters. The Labute approximate surface area is 117 Å². The van der Waals surface area contributed by atoms with E-state index in [4.69, 9.17) is 10.5 Å². The van der Waals surface area contributed by atoms with E-state index in [9.17, 15) is 4.79 Å². The molecule has 0 spiro atoms. The number of hydrogen-bond acceptors (Lipinski definition) is 3. The lowest BCUT2D eigenvalue weighted by molar-refractivity contribution is -0.131. The predicted molar refractivity (Wildman–Crippen MR) is 77.8 cm³/mol. The first kappa shape index (κ1) is 16.4. The van der Waals surface area contributed by atoms with E-state index in [1.54, 1.807) is 0 Å². The van der Waals surface area contributed by atoms with E-state index < -0.39 is 0 Å². The largest absolute Gasteiger partial charge is 0.381 e. The maximum Gasteiger partial charge on any atom is 0.223 e. The number of amides is 1. The van der Waals surface area contributed by atoms with Gasteiger partial charge in [0.15, 0.2) is 0 Å². The summed E-state index contributed by atoms with van der Waals surface area (Å²) in [6.45, 7) is 8.96. The molecule has 4 nitrogen and oxygen atoms in total. The minimum atomic E-state index is -0.0374. The first-order valence-electron chi connectivity index (χ1n) is 7.35. The molecule has 2 N–H and O–H groups in total. The molecule has 0 aromatic heterocycles. The molecule has 1 amide bonds. The molecule has 0 radical (unpaired) electrons. The maximum atomic E-state index is 12.1. The lowest BCUT2D eigenvalue weighted by Crippen LogP contribution is -2.38. The summed E-state index contributed by atoms with van der Waals surface area (Å²) in [5.41, 5.74) is 6.24. The molecule has 112 valence electrons. The van der Waals surface area contributed by atoms with Crippen molar-refractivity contribution in [3.8, 4) is 0 Å². The molecule has 4 heteroatoms. The van der Waals surface area contributed by atoms with Crippen LogP contribution in [0.4, 0.5) is 0 Å². The van der Waals surface area contributed by atoms with E-state index in [0.717, 1.165) is 39.0 Å². The molecule has 0 aromatic carbocycles. The van der Waals surface area contributed by atoms with E-state index in [2.05, 4.69) is 20.8 Å². The molecule has 0 saturated carbocycles. The van der Waals surface area contributed by atoms with Crippen LogP contribution in [0, 0.1) is 11.3 Å². The Kier molecular flexibility index (Phi) is 6.27. The lowest BCUT2D eigenvalue weighted by atomic mass is 9.87. The maximum absolute atomic E-state index is 12.1. The van der Waals surface area contributed by atoms with Crippen LogP contribution in [0.1, 0.15) is 46.5 Å². The van der Waals surface area contributed by atoms with Gasteiger partial charge in [0.1, 0.15) is 0 Å². The molecule has 1 aliphatic heterocycles. The van der Waals surface area contributed by atoms with Crippen molar-refractivity contribution >= 4 is 5.91 Å². The summed E-state index contributed by atoms with van der Waals surface area (Å²) in [6, 6.07) is -0.0374. The highest BCUT2D eigenvalue weighted by Crippen LogP contribution is 2.22. The number of nitrogens with zero attached hydrogens (tertiary/aromatic N) is 1. The molecular weight excluding hydrogens is 240 g/mol. The van der Waals surface area contributed by atoms with Crippen LogP contribution in [0.3, 0.4) is 0 Å². The van der Waals surface area contributed by atoms with Crippen molar-refractivity contribution in [3.05, 3.63) is 0 Å². The van der Waals surface area contributed by atoms with Gasteiger partial charge in [-0.1, -0.05) is 20.8 Å². The van der Waals surface area contributed by atoms with Gasteiger partial charge >= 0.3 is 0 Å². The highest BCUT2D eigenvalue weighted by molar-refractivity contribution is 5.76. The van der Waals surface area contributed by atoms with E-state index in [1.165, 1.54) is 0 Å². The highest BCUT2D eigenvalue weighted by Gasteiger charge is 2.22. The zero-order valence-corrected chi connectivity index (χ0v) is 12.9. The smallest absolute Gasteiger partial charge is 0.223 e. The van der Waals surface area contributed by atoms with Crippen LogP contribution in [0.25, 0.3) is 0 Å². The first-order chi connectivity index (χ1) is 8.78. The van der Waals surface area contributed by atoms with Crippen molar-refractivity contribution in [2.75, 3.05) is 26.8 Å². The van der Waals surface area contributed by atoms with Gasteiger partial charge < -0.3 is 15.4 Å². The fraction of sp³-hybridized carbons (Fsp3) is 0.933. The van der Waals surface area contributed by atoms with Crippen LogP contribution in [0.5, 0.6) is 0 Å². The molecule has 1 saturated heterocycles. The van der Waals surface area contributed by atoms with Gasteiger partial charge in [0.25, 0.3) is 0 Å². The minimum Gasteiger partial charge on any atom is -0.381 e. The Morgan fingerprint density at radius 2 is 1.95 bits per heavy atom. The third-order valence-electron chi connectivity index (χ3n) is 3.61. The normalized spacial score (nSPS) is 19.2. The van der Waals surface area contributed by atoms with E-state index in [0.29, 0.717) is 12.3 Å². The van der Waals surface area contributed by atoms with E-state index >= 15 is 0 Å². The van der Waals surface area contributed by atoms with Gasteiger partial charge in [0.2, 0.25) is 5.91 Å². The van der Waals surface area contributed by atoms with Crippen molar-refractivity contribution < 1.29 is 9.53 Å². The quantitative estimate of drug-likeness (QED) is 0.831. The van der Waals surface area contributed by atoms with Gasteiger partial charge in [0.05, 0.1) is 0 Å². The minimum absolute atomic E-state index is 0.0374. The number of carbonyl (C=O) groups is 1. The Morgan fingerprint density at radius 3 is 2.47 bits per heavy atom. The lowest BCUT2D eigenvalue weighted by Gasteiger charge is -2.29. The van der Waals surface area contributed by atoms with Crippen molar-refractivity contribution in [2.24, 2.45) is 17.1 Å². The second-order valence-corrected chi connectivity index (χ2v) is 7.06. The fourth-order valence-electron chi connectivity index (χ4n) is 2.66. The standard InChI is InChI=1S/C15H30N2O2/c1-15(2,3)10-13(16)9-14(18)17(4)11-12-5-7-19-8-6-12/h12-13H,5-11,16H2,1-4H3. The highest BCUT2D eigenvalue weighted by atomic mass is 16.5. The molecule has 0 aliphatic carbocycles. The van der Waals surface area contributed by atoms with Crippen molar-refractivity contribution in [1.82, 2.24) is 4.90 Å².